The van der Waals surface area contributed by atoms with Crippen LogP contribution in [0.4, 0.5) is 4.79 Å². The van der Waals surface area contributed by atoms with E-state index in [0.29, 0.717) is 25.4 Å². The molecule has 1 aliphatic rings. The van der Waals surface area contributed by atoms with E-state index in [1.54, 1.807) is 0 Å². The van der Waals surface area contributed by atoms with Crippen LogP contribution in [-0.2, 0) is 4.79 Å². The predicted molar refractivity (Wildman–Crippen MR) is 66.7 cm³/mol. The van der Waals surface area contributed by atoms with Crippen LogP contribution < -0.4 is 16.0 Å². The van der Waals surface area contributed by atoms with E-state index in [2.05, 4.69) is 16.0 Å². The van der Waals surface area contributed by atoms with Crippen molar-refractivity contribution in [2.75, 3.05) is 19.6 Å². The van der Waals surface area contributed by atoms with E-state index in [-0.39, 0.29) is 6.03 Å². The van der Waals surface area contributed by atoms with Crippen molar-refractivity contribution >= 4 is 12.4 Å². The summed E-state index contributed by atoms with van der Waals surface area (Å²) in [6.45, 7) is 1.99. The molecule has 1 aliphatic carbocycles. The van der Waals surface area contributed by atoms with Gasteiger partial charge in [0, 0.05) is 19.6 Å². The molecule has 0 aliphatic heterocycles. The van der Waals surface area contributed by atoms with Crippen LogP contribution >= 0.6 is 0 Å². The summed E-state index contributed by atoms with van der Waals surface area (Å²) in [6, 6.07) is -0.0957. The molecule has 0 aromatic rings. The highest BCUT2D eigenvalue weighted by Crippen LogP contribution is 2.22. The molecule has 0 saturated heterocycles. The minimum absolute atomic E-state index is 0.0957. The SMILES string of the molecule is O=CNCCCNC(=O)NCC1CCCCC1. The fourth-order valence-corrected chi connectivity index (χ4v) is 2.14. The average molecular weight is 241 g/mol. The van der Waals surface area contributed by atoms with E-state index in [1.807, 2.05) is 0 Å². The highest BCUT2D eigenvalue weighted by Gasteiger charge is 2.13. The zero-order valence-corrected chi connectivity index (χ0v) is 10.3. The number of hydrogen-bond acceptors (Lipinski definition) is 2. The molecule has 0 heterocycles. The van der Waals surface area contributed by atoms with Gasteiger partial charge in [-0.1, -0.05) is 19.3 Å². The number of carbonyl (C=O) groups is 2. The fourth-order valence-electron chi connectivity index (χ4n) is 2.14. The van der Waals surface area contributed by atoms with Gasteiger partial charge in [0.25, 0.3) is 0 Å². The first-order valence-electron chi connectivity index (χ1n) is 6.51. The topological polar surface area (TPSA) is 70.2 Å². The van der Waals surface area contributed by atoms with Crippen LogP contribution in [0.3, 0.4) is 0 Å². The van der Waals surface area contributed by atoms with E-state index in [1.165, 1.54) is 32.1 Å². The first-order valence-corrected chi connectivity index (χ1v) is 6.51. The zero-order chi connectivity index (χ0) is 12.3. The van der Waals surface area contributed by atoms with Crippen LogP contribution in [0.2, 0.25) is 0 Å². The van der Waals surface area contributed by atoms with Crippen LogP contribution in [0.25, 0.3) is 0 Å². The van der Waals surface area contributed by atoms with Gasteiger partial charge in [0.1, 0.15) is 0 Å². The van der Waals surface area contributed by atoms with Gasteiger partial charge in [0.15, 0.2) is 0 Å². The van der Waals surface area contributed by atoms with Gasteiger partial charge >= 0.3 is 6.03 Å². The van der Waals surface area contributed by atoms with Crippen molar-refractivity contribution in [2.45, 2.75) is 38.5 Å². The Morgan fingerprint density at radius 1 is 1.12 bits per heavy atom. The Morgan fingerprint density at radius 3 is 2.59 bits per heavy atom. The predicted octanol–water partition coefficient (Wildman–Crippen LogP) is 1.00. The smallest absolute Gasteiger partial charge is 0.314 e. The Bertz CT molecular complexity index is 228. The van der Waals surface area contributed by atoms with Crippen molar-refractivity contribution in [1.82, 2.24) is 16.0 Å². The second-order valence-corrected chi connectivity index (χ2v) is 4.57. The molecule has 0 spiro atoms. The van der Waals surface area contributed by atoms with Crippen molar-refractivity contribution in [2.24, 2.45) is 5.92 Å². The standard InChI is InChI=1S/C12H23N3O2/c16-10-13-7-4-8-14-12(17)15-9-11-5-2-1-3-6-11/h10-11H,1-9H2,(H,13,16)(H2,14,15,17). The largest absolute Gasteiger partial charge is 0.359 e. The normalized spacial score (nSPS) is 16.2. The van der Waals surface area contributed by atoms with Crippen molar-refractivity contribution < 1.29 is 9.59 Å². The summed E-state index contributed by atoms with van der Waals surface area (Å²) in [7, 11) is 0. The molecule has 17 heavy (non-hydrogen) atoms. The van der Waals surface area contributed by atoms with E-state index in [9.17, 15) is 9.59 Å². The summed E-state index contributed by atoms with van der Waals surface area (Å²) in [6.07, 6.45) is 7.84. The molecule has 1 fully saturated rings. The van der Waals surface area contributed by atoms with Gasteiger partial charge in [-0.3, -0.25) is 4.79 Å². The molecule has 1 saturated carbocycles. The quantitative estimate of drug-likeness (QED) is 0.460. The zero-order valence-electron chi connectivity index (χ0n) is 10.3. The van der Waals surface area contributed by atoms with Crippen molar-refractivity contribution in [3.05, 3.63) is 0 Å². The maximum atomic E-state index is 11.4. The molecule has 0 radical (unpaired) electrons. The lowest BCUT2D eigenvalue weighted by molar-refractivity contribution is -0.109. The first kappa shape index (κ1) is 13.8. The van der Waals surface area contributed by atoms with Gasteiger partial charge < -0.3 is 16.0 Å². The molecule has 1 rings (SSSR count). The minimum atomic E-state index is -0.0957. The number of urea groups is 1. The molecule has 5 nitrogen and oxygen atoms in total. The van der Waals surface area contributed by atoms with Gasteiger partial charge in [-0.15, -0.1) is 0 Å². The maximum absolute atomic E-state index is 11.4. The van der Waals surface area contributed by atoms with Gasteiger partial charge in [0.05, 0.1) is 0 Å². The van der Waals surface area contributed by atoms with Crippen molar-refractivity contribution in [1.29, 1.82) is 0 Å². The molecular weight excluding hydrogens is 218 g/mol. The third kappa shape index (κ3) is 6.81. The van der Waals surface area contributed by atoms with Crippen LogP contribution in [-0.4, -0.2) is 32.1 Å². The van der Waals surface area contributed by atoms with Crippen LogP contribution in [0.5, 0.6) is 0 Å². The molecule has 3 amide bonds. The van der Waals surface area contributed by atoms with E-state index < -0.39 is 0 Å². The maximum Gasteiger partial charge on any atom is 0.314 e. The lowest BCUT2D eigenvalue weighted by Gasteiger charge is -2.21. The first-order chi connectivity index (χ1) is 8.33. The molecule has 0 bridgehead atoms. The van der Waals surface area contributed by atoms with E-state index in [4.69, 9.17) is 0 Å². The van der Waals surface area contributed by atoms with Crippen molar-refractivity contribution in [3.63, 3.8) is 0 Å². The molecule has 0 aromatic heterocycles. The second kappa shape index (κ2) is 8.84. The minimum Gasteiger partial charge on any atom is -0.359 e. The number of amides is 3. The summed E-state index contributed by atoms with van der Waals surface area (Å²) in [5.74, 6) is 0.659. The number of rotatable bonds is 7. The summed E-state index contributed by atoms with van der Waals surface area (Å²) >= 11 is 0. The van der Waals surface area contributed by atoms with Crippen LogP contribution in [0, 0.1) is 5.92 Å². The summed E-state index contributed by atoms with van der Waals surface area (Å²) < 4.78 is 0. The molecule has 0 atom stereocenters. The highest BCUT2D eigenvalue weighted by molar-refractivity contribution is 5.73. The number of nitrogens with one attached hydrogen (secondary N) is 3. The van der Waals surface area contributed by atoms with Crippen LogP contribution in [0.1, 0.15) is 38.5 Å². The lowest BCUT2D eigenvalue weighted by Crippen LogP contribution is -2.39. The lowest BCUT2D eigenvalue weighted by atomic mass is 9.89. The molecule has 98 valence electrons. The third-order valence-electron chi connectivity index (χ3n) is 3.14. The van der Waals surface area contributed by atoms with Crippen LogP contribution in [0.15, 0.2) is 0 Å². The van der Waals surface area contributed by atoms with Gasteiger partial charge in [-0.2, -0.15) is 0 Å². The summed E-state index contributed by atoms with van der Waals surface area (Å²) in [5.41, 5.74) is 0. The van der Waals surface area contributed by atoms with E-state index >= 15 is 0 Å². The molecule has 5 heteroatoms. The molecule has 0 unspecified atom stereocenters. The second-order valence-electron chi connectivity index (χ2n) is 4.57. The summed E-state index contributed by atoms with van der Waals surface area (Å²) in [4.78, 5) is 21.4. The molecular formula is C12H23N3O2. The third-order valence-corrected chi connectivity index (χ3v) is 3.14. The molecule has 0 aromatic carbocycles. The Hall–Kier alpha value is -1.26. The van der Waals surface area contributed by atoms with Gasteiger partial charge in [-0.25, -0.2) is 4.79 Å². The monoisotopic (exact) mass is 241 g/mol. The van der Waals surface area contributed by atoms with Crippen molar-refractivity contribution in [3.8, 4) is 0 Å². The fraction of sp³-hybridized carbons (Fsp3) is 0.833. The Morgan fingerprint density at radius 2 is 1.88 bits per heavy atom. The molecule has 3 N–H and O–H groups in total. The number of carbonyl (C=O) groups excluding carboxylic acids is 2. The summed E-state index contributed by atoms with van der Waals surface area (Å²) in [5, 5.41) is 8.23. The van der Waals surface area contributed by atoms with Gasteiger partial charge in [0.2, 0.25) is 6.41 Å². The Kier molecular flexibility index (Phi) is 7.18. The number of hydrogen-bond donors (Lipinski definition) is 3. The average Bonchev–Trinajstić information content (AvgIpc) is 2.37. The van der Waals surface area contributed by atoms with E-state index in [0.717, 1.165) is 13.0 Å². The highest BCUT2D eigenvalue weighted by atomic mass is 16.2. The Labute approximate surface area is 103 Å². The Balaban J connectivity index is 1.94. The van der Waals surface area contributed by atoms with Gasteiger partial charge in [-0.05, 0) is 25.2 Å².